The molecule has 1 aromatic carbocycles. The number of amides is 1. The number of ketones is 4. The summed E-state index contributed by atoms with van der Waals surface area (Å²) in [5.74, 6) is -10.3. The number of carbonyl (C=O) groups excluding carboxylic acids is 5. The summed E-state index contributed by atoms with van der Waals surface area (Å²) in [6.07, 6.45) is 0.290. The van der Waals surface area contributed by atoms with Crippen LogP contribution in [0.4, 0.5) is 5.69 Å². The number of nitrogens with zero attached hydrogens (tertiary/aromatic N) is 2. The molecule has 36 heavy (non-hydrogen) atoms. The molecule has 0 spiro atoms. The van der Waals surface area contributed by atoms with Crippen molar-refractivity contribution in [1.29, 1.82) is 0 Å². The number of likely N-dealkylation sites (N-methyl/N-ethyl adjacent to an activating group) is 1. The minimum atomic E-state index is -2.71. The van der Waals surface area contributed by atoms with Gasteiger partial charge in [-0.15, -0.1) is 0 Å². The summed E-state index contributed by atoms with van der Waals surface area (Å²) in [5, 5.41) is 22.7. The van der Waals surface area contributed by atoms with Crippen LogP contribution in [0.15, 0.2) is 12.1 Å². The van der Waals surface area contributed by atoms with Crippen molar-refractivity contribution in [2.75, 3.05) is 45.3 Å². The van der Waals surface area contributed by atoms with Crippen LogP contribution in [0.1, 0.15) is 22.3 Å². The highest BCUT2D eigenvalue weighted by molar-refractivity contribution is 6.32. The number of benzene rings is 1. The second-order valence-corrected chi connectivity index (χ2v) is 10.4. The Hall–Kier alpha value is -3.15. The highest BCUT2D eigenvalue weighted by atomic mass is 16.5. The Labute approximate surface area is 207 Å². The largest absolute Gasteiger partial charge is 0.505 e. The first-order chi connectivity index (χ1) is 17.0. The van der Waals surface area contributed by atoms with Crippen molar-refractivity contribution in [3.05, 3.63) is 23.3 Å². The number of hydrogen-bond acceptors (Lipinski definition) is 10. The Kier molecular flexibility index (Phi) is 5.77. The number of primary amides is 1. The Balaban J connectivity index is 1.59. The number of phenolic OH excluding ortho intramolecular Hbond substituents is 1. The molecule has 2 saturated carbocycles. The molecule has 1 aliphatic heterocycles. The van der Waals surface area contributed by atoms with E-state index in [1.165, 1.54) is 4.90 Å². The fraction of sp³-hybridized carbons (Fsp3) is 0.560. The molecule has 6 atom stereocenters. The average molecular weight is 500 g/mol. The molecule has 0 bridgehead atoms. The third-order valence-corrected chi connectivity index (χ3v) is 8.26. The molecule has 0 aromatic heterocycles. The van der Waals surface area contributed by atoms with Crippen LogP contribution in [-0.4, -0.2) is 96.2 Å². The van der Waals surface area contributed by atoms with E-state index in [0.29, 0.717) is 37.6 Å². The second kappa shape index (κ2) is 8.46. The van der Waals surface area contributed by atoms with Gasteiger partial charge < -0.3 is 25.6 Å². The van der Waals surface area contributed by atoms with E-state index in [1.807, 2.05) is 4.90 Å². The molecule has 1 aromatic rings. The number of fused-ring (bicyclic) bond motifs is 3. The molecule has 1 amide bonds. The van der Waals surface area contributed by atoms with Crippen LogP contribution in [0.5, 0.6) is 5.75 Å². The normalized spacial score (nSPS) is 34.3. The molecular weight excluding hydrogens is 470 g/mol. The van der Waals surface area contributed by atoms with E-state index in [0.717, 1.165) is 0 Å². The van der Waals surface area contributed by atoms with Crippen molar-refractivity contribution in [3.63, 3.8) is 0 Å². The molecule has 3 fully saturated rings. The zero-order valence-electron chi connectivity index (χ0n) is 20.1. The van der Waals surface area contributed by atoms with E-state index in [4.69, 9.17) is 10.5 Å². The van der Waals surface area contributed by atoms with Gasteiger partial charge in [0.15, 0.2) is 34.7 Å². The van der Waals surface area contributed by atoms with Gasteiger partial charge in [-0.25, -0.2) is 0 Å². The molecule has 11 nitrogen and oxygen atoms in total. The third-order valence-electron chi connectivity index (χ3n) is 8.26. The number of rotatable bonds is 3. The lowest BCUT2D eigenvalue weighted by molar-refractivity contribution is -0.181. The molecule has 4 aliphatic rings. The van der Waals surface area contributed by atoms with Gasteiger partial charge in [-0.2, -0.15) is 0 Å². The topological polar surface area (TPSA) is 168 Å². The van der Waals surface area contributed by atoms with Crippen LogP contribution in [0, 0.1) is 23.7 Å². The van der Waals surface area contributed by atoms with Crippen molar-refractivity contribution < 1.29 is 38.9 Å². The lowest BCUT2D eigenvalue weighted by atomic mass is 9.52. The molecule has 192 valence electrons. The quantitative estimate of drug-likeness (QED) is 0.425. The van der Waals surface area contributed by atoms with Crippen LogP contribution in [0.2, 0.25) is 0 Å². The maximum Gasteiger partial charge on any atom is 0.235 e. The summed E-state index contributed by atoms with van der Waals surface area (Å²) in [6, 6.07) is 2.38. The third kappa shape index (κ3) is 3.26. The van der Waals surface area contributed by atoms with E-state index in [2.05, 4.69) is 0 Å². The monoisotopic (exact) mass is 499 g/mol. The number of Topliss-reactive ketones (excluding diaryl/α,β-unsaturated/α-hetero) is 4. The van der Waals surface area contributed by atoms with Crippen LogP contribution in [-0.2, 0) is 30.3 Å². The van der Waals surface area contributed by atoms with Crippen molar-refractivity contribution in [1.82, 2.24) is 4.90 Å². The predicted molar refractivity (Wildman–Crippen MR) is 124 cm³/mol. The molecule has 3 aliphatic carbocycles. The number of aliphatic hydroxyl groups is 1. The van der Waals surface area contributed by atoms with E-state index < -0.39 is 64.4 Å². The number of ether oxygens (including phenoxy) is 1. The molecule has 1 heterocycles. The predicted octanol–water partition coefficient (Wildman–Crippen LogP) is -1.30. The summed E-state index contributed by atoms with van der Waals surface area (Å²) in [6.45, 7) is 1.99. The summed E-state index contributed by atoms with van der Waals surface area (Å²) in [4.78, 5) is 69.3. The maximum atomic E-state index is 13.8. The highest BCUT2D eigenvalue weighted by Crippen LogP contribution is 2.51. The summed E-state index contributed by atoms with van der Waals surface area (Å²) in [5.41, 5.74) is 3.64. The first kappa shape index (κ1) is 24.5. The van der Waals surface area contributed by atoms with Gasteiger partial charge in [0.1, 0.15) is 5.75 Å². The number of morpholine rings is 1. The standard InChI is InChI=1S/C25H29N3O8/c1-27(2)18-13-10-12-9-11-3-4-14(28-5-7-36-8-6-28)19(29)15(11)20(30)16(12)22(32)25(13,35)23(33)17(21(18)31)24(26)34/h3-4,12-13,16-18,29,35H,5-10H2,1-2H3,(H2,26,34)/t12-,13-,16?,17?,18-,25-/m1/s1. The molecule has 2 unspecified atom stereocenters. The van der Waals surface area contributed by atoms with Gasteiger partial charge >= 0.3 is 0 Å². The number of anilines is 1. The van der Waals surface area contributed by atoms with E-state index >= 15 is 0 Å². The summed E-state index contributed by atoms with van der Waals surface area (Å²) >= 11 is 0. The van der Waals surface area contributed by atoms with Gasteiger partial charge in [0.2, 0.25) is 5.91 Å². The van der Waals surface area contributed by atoms with E-state index in [-0.39, 0.29) is 24.2 Å². The van der Waals surface area contributed by atoms with Crippen molar-refractivity contribution in [2.24, 2.45) is 29.4 Å². The van der Waals surface area contributed by atoms with Crippen molar-refractivity contribution >= 4 is 34.7 Å². The van der Waals surface area contributed by atoms with Gasteiger partial charge in [0, 0.05) is 19.0 Å². The van der Waals surface area contributed by atoms with E-state index in [1.54, 1.807) is 26.2 Å². The number of hydrogen-bond donors (Lipinski definition) is 3. The van der Waals surface area contributed by atoms with Gasteiger partial charge in [0.25, 0.3) is 0 Å². The van der Waals surface area contributed by atoms with Crippen LogP contribution in [0.25, 0.3) is 0 Å². The second-order valence-electron chi connectivity index (χ2n) is 10.4. The number of aromatic hydroxyl groups is 1. The molecule has 4 N–H and O–H groups in total. The Bertz CT molecular complexity index is 1190. The first-order valence-electron chi connectivity index (χ1n) is 12.0. The average Bonchev–Trinajstić information content (AvgIpc) is 2.81. The SMILES string of the molecule is CN(C)[C@H]1C(=O)C(C(N)=O)C(=O)[C@]2(O)C(=O)C3C(=O)c4c(ccc(N5CCOCC5)c4O)C[C@@H]3C[C@H]12. The van der Waals surface area contributed by atoms with Gasteiger partial charge in [-0.3, -0.25) is 28.9 Å². The summed E-state index contributed by atoms with van der Waals surface area (Å²) < 4.78 is 5.35. The van der Waals surface area contributed by atoms with E-state index in [9.17, 15) is 34.2 Å². The zero-order chi connectivity index (χ0) is 26.1. The van der Waals surface area contributed by atoms with Gasteiger partial charge in [-0.1, -0.05) is 6.07 Å². The zero-order valence-corrected chi connectivity index (χ0v) is 20.1. The Morgan fingerprint density at radius 1 is 1.14 bits per heavy atom. The van der Waals surface area contributed by atoms with Gasteiger partial charge in [0.05, 0.1) is 36.4 Å². The lowest BCUT2D eigenvalue weighted by Crippen LogP contribution is -2.74. The first-order valence-corrected chi connectivity index (χ1v) is 12.0. The van der Waals surface area contributed by atoms with Crippen LogP contribution >= 0.6 is 0 Å². The summed E-state index contributed by atoms with van der Waals surface area (Å²) in [7, 11) is 3.11. The Morgan fingerprint density at radius 2 is 1.81 bits per heavy atom. The number of carbonyl (C=O) groups is 5. The fourth-order valence-electron chi connectivity index (χ4n) is 6.63. The number of nitrogens with two attached hydrogens (primary N) is 1. The van der Waals surface area contributed by atoms with Gasteiger partial charge in [-0.05, 0) is 44.5 Å². The minimum Gasteiger partial charge on any atom is -0.505 e. The minimum absolute atomic E-state index is 0.00517. The molecular formula is C25H29N3O8. The highest BCUT2D eigenvalue weighted by Gasteiger charge is 2.69. The van der Waals surface area contributed by atoms with Crippen molar-refractivity contribution in [2.45, 2.75) is 24.5 Å². The molecule has 5 rings (SSSR count). The molecule has 1 saturated heterocycles. The number of phenols is 1. The van der Waals surface area contributed by atoms with Crippen molar-refractivity contribution in [3.8, 4) is 5.75 Å². The lowest BCUT2D eigenvalue weighted by Gasteiger charge is -2.52. The van der Waals surface area contributed by atoms with Crippen LogP contribution in [0.3, 0.4) is 0 Å². The molecule has 11 heteroatoms. The fourth-order valence-corrected chi connectivity index (χ4v) is 6.63. The van der Waals surface area contributed by atoms with Crippen LogP contribution < -0.4 is 10.6 Å². The molecule has 0 radical (unpaired) electrons. The smallest absolute Gasteiger partial charge is 0.235 e. The maximum absolute atomic E-state index is 13.8. The Morgan fingerprint density at radius 3 is 2.42 bits per heavy atom.